The number of thioether (sulfide) groups is 1. The third-order valence-electron chi connectivity index (χ3n) is 4.03. The molecule has 0 aromatic carbocycles. The lowest BCUT2D eigenvalue weighted by atomic mass is 9.97. The average molecular weight is 357 g/mol. The Labute approximate surface area is 148 Å². The van der Waals surface area contributed by atoms with Crippen molar-refractivity contribution in [2.75, 3.05) is 19.9 Å². The van der Waals surface area contributed by atoms with Gasteiger partial charge in [-0.1, -0.05) is 6.92 Å². The zero-order valence-corrected chi connectivity index (χ0v) is 15.8. The lowest BCUT2D eigenvalue weighted by molar-refractivity contribution is -0.222. The third-order valence-corrected chi connectivity index (χ3v) is 5.15. The molecule has 2 heterocycles. The van der Waals surface area contributed by atoms with E-state index in [1.54, 1.807) is 25.1 Å². The van der Waals surface area contributed by atoms with Gasteiger partial charge in [0.25, 0.3) is 5.91 Å². The topological polar surface area (TPSA) is 57.2 Å². The van der Waals surface area contributed by atoms with Gasteiger partial charge in [0.05, 0.1) is 31.3 Å². The van der Waals surface area contributed by atoms with Crippen molar-refractivity contribution in [3.05, 3.63) is 24.2 Å². The molecular weight excluding hydrogens is 330 g/mol. The fourth-order valence-corrected chi connectivity index (χ4v) is 3.65. The lowest BCUT2D eigenvalue weighted by Crippen LogP contribution is -2.42. The van der Waals surface area contributed by atoms with E-state index in [-0.39, 0.29) is 17.4 Å². The summed E-state index contributed by atoms with van der Waals surface area (Å²) in [5.41, 5.74) is 0.619. The van der Waals surface area contributed by atoms with Crippen LogP contribution in [-0.4, -0.2) is 48.2 Å². The van der Waals surface area contributed by atoms with Crippen LogP contribution < -0.4 is 0 Å². The molecule has 0 radical (unpaired) electrons. The monoisotopic (exact) mass is 357 g/mol. The van der Waals surface area contributed by atoms with Gasteiger partial charge in [0.2, 0.25) is 5.79 Å². The summed E-state index contributed by atoms with van der Waals surface area (Å²) in [5.74, 6) is 0.322. The Morgan fingerprint density at radius 3 is 2.83 bits per heavy atom. The average Bonchev–Trinajstić information content (AvgIpc) is 2.98. The van der Waals surface area contributed by atoms with Crippen molar-refractivity contribution in [2.24, 2.45) is 5.92 Å². The normalized spacial score (nSPS) is 28.0. The highest BCUT2D eigenvalue weighted by Crippen LogP contribution is 2.34. The van der Waals surface area contributed by atoms with Crippen LogP contribution in [0.15, 0.2) is 24.2 Å². The van der Waals surface area contributed by atoms with Crippen molar-refractivity contribution < 1.29 is 23.8 Å². The van der Waals surface area contributed by atoms with Gasteiger partial charge in [0, 0.05) is 26.8 Å². The maximum atomic E-state index is 12.4. The molecular formula is C17H27NO5S. The van der Waals surface area contributed by atoms with Crippen molar-refractivity contribution in [3.8, 4) is 0 Å². The van der Waals surface area contributed by atoms with Crippen LogP contribution in [0.4, 0.5) is 0 Å². The second-order valence-corrected chi connectivity index (χ2v) is 7.59. The van der Waals surface area contributed by atoms with Gasteiger partial charge in [0.15, 0.2) is 0 Å². The van der Waals surface area contributed by atoms with Crippen LogP contribution in [0.1, 0.15) is 33.6 Å². The highest BCUT2D eigenvalue weighted by molar-refractivity contribution is 7.99. The molecule has 0 aliphatic carbocycles. The van der Waals surface area contributed by atoms with Crippen LogP contribution in [-0.2, 0) is 23.8 Å². The second-order valence-electron chi connectivity index (χ2n) is 6.21. The van der Waals surface area contributed by atoms with Gasteiger partial charge >= 0.3 is 0 Å². The SMILES string of the molecule is CCS[C@@H]1OC=C[C@H]1CCC1OC(C)(C)OC=C1C(=O)N(C)OC. The molecule has 0 aromatic heterocycles. The summed E-state index contributed by atoms with van der Waals surface area (Å²) in [6.07, 6.45) is 6.61. The quantitative estimate of drug-likeness (QED) is 0.653. The Balaban J connectivity index is 2.04. The zero-order chi connectivity index (χ0) is 17.7. The number of rotatable bonds is 7. The predicted octanol–water partition coefficient (Wildman–Crippen LogP) is 3.06. The van der Waals surface area contributed by atoms with E-state index in [2.05, 4.69) is 13.0 Å². The first-order chi connectivity index (χ1) is 11.4. The Kier molecular flexibility index (Phi) is 6.60. The number of likely N-dealkylation sites (N-methyl/N-ethyl adjacent to an activating group) is 1. The number of ether oxygens (including phenoxy) is 3. The summed E-state index contributed by atoms with van der Waals surface area (Å²) in [6, 6.07) is 0. The van der Waals surface area contributed by atoms with Crippen LogP contribution >= 0.6 is 11.8 Å². The number of carbonyl (C=O) groups excluding carboxylic acids is 1. The molecule has 0 fully saturated rings. The Bertz CT molecular complexity index is 505. The van der Waals surface area contributed by atoms with Gasteiger partial charge in [-0.2, -0.15) is 0 Å². The molecule has 7 heteroatoms. The van der Waals surface area contributed by atoms with Crippen LogP contribution in [0.3, 0.4) is 0 Å². The van der Waals surface area contributed by atoms with E-state index in [9.17, 15) is 4.79 Å². The van der Waals surface area contributed by atoms with Gasteiger partial charge in [0.1, 0.15) is 5.44 Å². The second kappa shape index (κ2) is 8.27. The van der Waals surface area contributed by atoms with Crippen molar-refractivity contribution in [1.82, 2.24) is 5.06 Å². The van der Waals surface area contributed by atoms with Crippen LogP contribution in [0.2, 0.25) is 0 Å². The molecule has 0 aromatic rings. The van der Waals surface area contributed by atoms with E-state index < -0.39 is 5.79 Å². The third kappa shape index (κ3) is 4.68. The predicted molar refractivity (Wildman–Crippen MR) is 92.8 cm³/mol. The Hall–Kier alpha value is -1.18. The summed E-state index contributed by atoms with van der Waals surface area (Å²) < 4.78 is 17.1. The number of amides is 1. The summed E-state index contributed by atoms with van der Waals surface area (Å²) in [7, 11) is 3.02. The first-order valence-corrected chi connectivity index (χ1v) is 9.24. The van der Waals surface area contributed by atoms with Gasteiger partial charge in [-0.15, -0.1) is 11.8 Å². The molecule has 0 spiro atoms. The van der Waals surface area contributed by atoms with Crippen molar-refractivity contribution in [1.29, 1.82) is 0 Å². The summed E-state index contributed by atoms with van der Waals surface area (Å²) in [5, 5.41) is 1.18. The van der Waals surface area contributed by atoms with Crippen LogP contribution in [0, 0.1) is 5.92 Å². The van der Waals surface area contributed by atoms with Gasteiger partial charge < -0.3 is 14.2 Å². The minimum atomic E-state index is -0.750. The minimum absolute atomic E-state index is 0.146. The molecule has 24 heavy (non-hydrogen) atoms. The van der Waals surface area contributed by atoms with E-state index in [1.165, 1.54) is 18.4 Å². The van der Waals surface area contributed by atoms with E-state index >= 15 is 0 Å². The molecule has 3 atom stereocenters. The maximum Gasteiger partial charge on any atom is 0.278 e. The zero-order valence-electron chi connectivity index (χ0n) is 15.0. The number of hydroxylamine groups is 2. The molecule has 1 unspecified atom stereocenters. The summed E-state index contributed by atoms with van der Waals surface area (Å²) in [6.45, 7) is 5.80. The Morgan fingerprint density at radius 1 is 1.42 bits per heavy atom. The maximum absolute atomic E-state index is 12.4. The number of hydrogen-bond donors (Lipinski definition) is 0. The van der Waals surface area contributed by atoms with Gasteiger partial charge in [-0.25, -0.2) is 5.06 Å². The molecule has 1 amide bonds. The summed E-state index contributed by atoms with van der Waals surface area (Å²) >= 11 is 1.79. The molecule has 0 bridgehead atoms. The largest absolute Gasteiger partial charge is 0.487 e. The van der Waals surface area contributed by atoms with Crippen LogP contribution in [0.25, 0.3) is 0 Å². The minimum Gasteiger partial charge on any atom is -0.487 e. The van der Waals surface area contributed by atoms with Gasteiger partial charge in [-0.3, -0.25) is 9.63 Å². The van der Waals surface area contributed by atoms with E-state index in [0.29, 0.717) is 17.9 Å². The van der Waals surface area contributed by atoms with Crippen molar-refractivity contribution in [3.63, 3.8) is 0 Å². The van der Waals surface area contributed by atoms with Gasteiger partial charge in [-0.05, 0) is 24.7 Å². The molecule has 0 saturated heterocycles. The van der Waals surface area contributed by atoms with E-state index in [0.717, 1.165) is 12.2 Å². The number of carbonyl (C=O) groups is 1. The molecule has 136 valence electrons. The lowest BCUT2D eigenvalue weighted by Gasteiger charge is -2.36. The number of hydrogen-bond acceptors (Lipinski definition) is 6. The Morgan fingerprint density at radius 2 is 2.17 bits per heavy atom. The molecule has 2 aliphatic heterocycles. The number of nitrogens with zero attached hydrogens (tertiary/aromatic N) is 1. The molecule has 6 nitrogen and oxygen atoms in total. The van der Waals surface area contributed by atoms with Crippen molar-refractivity contribution in [2.45, 2.75) is 50.9 Å². The highest BCUT2D eigenvalue weighted by Gasteiger charge is 2.37. The molecule has 0 N–H and O–H groups in total. The van der Waals surface area contributed by atoms with E-state index in [4.69, 9.17) is 19.0 Å². The first kappa shape index (κ1) is 19.1. The van der Waals surface area contributed by atoms with Crippen LogP contribution in [0.5, 0.6) is 0 Å². The molecule has 2 aliphatic rings. The van der Waals surface area contributed by atoms with Crippen molar-refractivity contribution >= 4 is 17.7 Å². The van der Waals surface area contributed by atoms with E-state index in [1.807, 2.05) is 13.8 Å². The first-order valence-electron chi connectivity index (χ1n) is 8.19. The standard InChI is InChI=1S/C17H27NO5S/c1-6-24-16-12(9-10-21-16)7-8-14-13(15(19)18(4)20-5)11-22-17(2,3)23-14/h9-12,14,16H,6-8H2,1-5H3/t12-,14?,16+/m1/s1. The highest BCUT2D eigenvalue weighted by atomic mass is 32.2. The summed E-state index contributed by atoms with van der Waals surface area (Å²) in [4.78, 5) is 17.4. The molecule has 0 saturated carbocycles. The fraction of sp³-hybridized carbons (Fsp3) is 0.706. The smallest absolute Gasteiger partial charge is 0.278 e. The fourth-order valence-electron chi connectivity index (χ4n) is 2.70. The molecule has 2 rings (SSSR count).